The van der Waals surface area contributed by atoms with Crippen molar-refractivity contribution in [3.05, 3.63) is 59.9 Å². The molecule has 1 spiro atoms. The molecule has 1 aromatic heterocycles. The van der Waals surface area contributed by atoms with Crippen LogP contribution in [0.4, 0.5) is 0 Å². The summed E-state index contributed by atoms with van der Waals surface area (Å²) >= 11 is 0. The molecule has 5 heteroatoms. The molecule has 2 aliphatic rings. The predicted molar refractivity (Wildman–Crippen MR) is 109 cm³/mol. The van der Waals surface area contributed by atoms with Gasteiger partial charge in [-0.25, -0.2) is 0 Å². The number of hydrogen-bond acceptors (Lipinski definition) is 4. The number of rotatable bonds is 6. The zero-order chi connectivity index (χ0) is 19.6. The summed E-state index contributed by atoms with van der Waals surface area (Å²) in [4.78, 5) is 19.9. The van der Waals surface area contributed by atoms with Gasteiger partial charge in [-0.2, -0.15) is 0 Å². The van der Waals surface area contributed by atoms with E-state index in [2.05, 4.69) is 17.2 Å². The first kappa shape index (κ1) is 18.9. The van der Waals surface area contributed by atoms with E-state index < -0.39 is 0 Å². The van der Waals surface area contributed by atoms with Gasteiger partial charge in [-0.3, -0.25) is 9.78 Å². The van der Waals surface area contributed by atoms with Crippen LogP contribution in [0.25, 0.3) is 0 Å². The molecule has 0 radical (unpaired) electrons. The lowest BCUT2D eigenvalue weighted by atomic mass is 9.84. The summed E-state index contributed by atoms with van der Waals surface area (Å²) in [6, 6.07) is 11.9. The van der Waals surface area contributed by atoms with Crippen molar-refractivity contribution in [2.45, 2.75) is 39.3 Å². The second-order valence-electron chi connectivity index (χ2n) is 8.37. The topological polar surface area (TPSA) is 54.5 Å². The number of carbonyl (C=O) groups excluding carboxylic acids is 1. The van der Waals surface area contributed by atoms with Crippen molar-refractivity contribution in [3.8, 4) is 5.75 Å². The van der Waals surface area contributed by atoms with E-state index >= 15 is 0 Å². The monoisotopic (exact) mass is 379 g/mol. The highest BCUT2D eigenvalue weighted by Gasteiger charge is 2.68. The molecule has 28 heavy (non-hydrogen) atoms. The molecule has 2 heterocycles. The van der Waals surface area contributed by atoms with Crippen molar-refractivity contribution < 1.29 is 9.53 Å². The largest absolute Gasteiger partial charge is 0.496 e. The van der Waals surface area contributed by atoms with Gasteiger partial charge in [0.2, 0.25) is 5.91 Å². The van der Waals surface area contributed by atoms with Crippen LogP contribution < -0.4 is 10.1 Å². The number of methoxy groups -OCH3 is 1. The predicted octanol–water partition coefficient (Wildman–Crippen LogP) is 3.40. The molecule has 1 amide bonds. The molecule has 1 aliphatic heterocycles. The van der Waals surface area contributed by atoms with Crippen LogP contribution in [0.2, 0.25) is 0 Å². The maximum Gasteiger partial charge on any atom is 0.229 e. The van der Waals surface area contributed by atoms with E-state index in [0.29, 0.717) is 13.1 Å². The van der Waals surface area contributed by atoms with Gasteiger partial charge >= 0.3 is 0 Å². The van der Waals surface area contributed by atoms with E-state index in [4.69, 9.17) is 4.74 Å². The zero-order valence-electron chi connectivity index (χ0n) is 16.8. The number of aromatic nitrogens is 1. The highest BCUT2D eigenvalue weighted by molar-refractivity contribution is 5.87. The lowest BCUT2D eigenvalue weighted by molar-refractivity contribution is -0.139. The molecule has 148 valence electrons. The number of pyridine rings is 1. The number of carbonyl (C=O) groups is 1. The second-order valence-corrected chi connectivity index (χ2v) is 8.37. The Labute approximate surface area is 167 Å². The van der Waals surface area contributed by atoms with E-state index in [1.54, 1.807) is 19.5 Å². The molecule has 2 aromatic rings. The number of amides is 1. The maximum atomic E-state index is 13.8. The summed E-state index contributed by atoms with van der Waals surface area (Å²) in [5.41, 5.74) is 2.05. The van der Waals surface area contributed by atoms with E-state index in [0.717, 1.165) is 49.2 Å². The lowest BCUT2D eigenvalue weighted by Gasteiger charge is -2.32. The minimum atomic E-state index is -0.260. The summed E-state index contributed by atoms with van der Waals surface area (Å²) < 4.78 is 5.53. The number of benzene rings is 1. The molecule has 4 rings (SSSR count). The van der Waals surface area contributed by atoms with Gasteiger partial charge in [0.25, 0.3) is 0 Å². The van der Waals surface area contributed by atoms with Crippen LogP contribution in [-0.4, -0.2) is 36.0 Å². The summed E-state index contributed by atoms with van der Waals surface area (Å²) in [6.07, 6.45) is 6.75. The van der Waals surface area contributed by atoms with Gasteiger partial charge < -0.3 is 15.0 Å². The third-order valence-corrected chi connectivity index (χ3v) is 6.73. The van der Waals surface area contributed by atoms with Crippen molar-refractivity contribution >= 4 is 5.91 Å². The molecular formula is C23H29N3O2. The fourth-order valence-electron chi connectivity index (χ4n) is 4.87. The lowest BCUT2D eigenvalue weighted by Crippen LogP contribution is -2.40. The average molecular weight is 380 g/mol. The van der Waals surface area contributed by atoms with Crippen molar-refractivity contribution in [2.24, 2.45) is 10.8 Å². The van der Waals surface area contributed by atoms with Crippen molar-refractivity contribution in [1.82, 2.24) is 15.2 Å². The molecular weight excluding hydrogens is 350 g/mol. The highest BCUT2D eigenvalue weighted by Crippen LogP contribution is 2.69. The van der Waals surface area contributed by atoms with Crippen LogP contribution >= 0.6 is 0 Å². The van der Waals surface area contributed by atoms with Crippen molar-refractivity contribution in [3.63, 3.8) is 0 Å². The van der Waals surface area contributed by atoms with Crippen LogP contribution in [0.15, 0.2) is 48.8 Å². The van der Waals surface area contributed by atoms with Gasteiger partial charge in [-0.1, -0.05) is 25.1 Å². The number of piperidine rings is 1. The zero-order valence-corrected chi connectivity index (χ0v) is 16.8. The minimum Gasteiger partial charge on any atom is -0.496 e. The Kier molecular flexibility index (Phi) is 5.11. The summed E-state index contributed by atoms with van der Waals surface area (Å²) in [5, 5.41) is 3.43. The summed E-state index contributed by atoms with van der Waals surface area (Å²) in [7, 11) is 1.68. The Morgan fingerprint density at radius 3 is 2.57 bits per heavy atom. The molecule has 1 aliphatic carbocycles. The van der Waals surface area contributed by atoms with E-state index in [1.165, 1.54) is 0 Å². The SMILES string of the molecule is COc1ccccc1CN(Cc1ccncc1)C(=O)C1(C)CC12CCNCC2. The average Bonchev–Trinajstić information content (AvgIpc) is 3.31. The number of hydrogen-bond donors (Lipinski definition) is 1. The van der Waals surface area contributed by atoms with Gasteiger partial charge in [0.05, 0.1) is 12.5 Å². The minimum absolute atomic E-state index is 0.173. The molecule has 1 N–H and O–H groups in total. The van der Waals surface area contributed by atoms with Crippen LogP contribution in [0, 0.1) is 10.8 Å². The first-order valence-electron chi connectivity index (χ1n) is 10.1. The van der Waals surface area contributed by atoms with Crippen molar-refractivity contribution in [1.29, 1.82) is 0 Å². The molecule has 1 aromatic carbocycles. The third kappa shape index (κ3) is 3.39. The van der Waals surface area contributed by atoms with Gasteiger partial charge in [0.1, 0.15) is 5.75 Å². The highest BCUT2D eigenvalue weighted by atomic mass is 16.5. The Morgan fingerprint density at radius 2 is 1.86 bits per heavy atom. The maximum absolute atomic E-state index is 13.8. The van der Waals surface area contributed by atoms with Crippen LogP contribution in [0.1, 0.15) is 37.3 Å². The molecule has 2 fully saturated rings. The molecule has 5 nitrogen and oxygen atoms in total. The van der Waals surface area contributed by atoms with E-state index in [1.807, 2.05) is 41.3 Å². The first-order valence-corrected chi connectivity index (χ1v) is 10.1. The smallest absolute Gasteiger partial charge is 0.229 e. The number of nitrogens with zero attached hydrogens (tertiary/aromatic N) is 2. The molecule has 1 atom stereocenters. The van der Waals surface area contributed by atoms with Gasteiger partial charge in [-0.15, -0.1) is 0 Å². The van der Waals surface area contributed by atoms with Gasteiger partial charge in [-0.05, 0) is 61.5 Å². The molecule has 1 unspecified atom stereocenters. The van der Waals surface area contributed by atoms with Gasteiger partial charge in [0.15, 0.2) is 0 Å². The second kappa shape index (κ2) is 7.55. The van der Waals surface area contributed by atoms with Crippen LogP contribution in [0.3, 0.4) is 0 Å². The third-order valence-electron chi connectivity index (χ3n) is 6.73. The van der Waals surface area contributed by atoms with E-state index in [-0.39, 0.29) is 16.7 Å². The van der Waals surface area contributed by atoms with Gasteiger partial charge in [0, 0.05) is 31.0 Å². The Morgan fingerprint density at radius 1 is 1.14 bits per heavy atom. The Hall–Kier alpha value is -2.40. The number of nitrogens with one attached hydrogen (secondary N) is 1. The standard InChI is InChI=1S/C23H29N3O2/c1-22(17-23(22)9-13-25-14-10-23)21(27)26(15-18-7-11-24-12-8-18)16-19-5-3-4-6-20(19)28-2/h3-8,11-12,25H,9-10,13-17H2,1-2H3. The summed E-state index contributed by atoms with van der Waals surface area (Å²) in [6.45, 7) is 5.33. The summed E-state index contributed by atoms with van der Waals surface area (Å²) in [5.74, 6) is 1.09. The van der Waals surface area contributed by atoms with Crippen LogP contribution in [0.5, 0.6) is 5.75 Å². The van der Waals surface area contributed by atoms with E-state index in [9.17, 15) is 4.79 Å². The Bertz CT molecular complexity index is 833. The molecule has 0 bridgehead atoms. The molecule has 1 saturated heterocycles. The normalized spacial score (nSPS) is 22.6. The number of para-hydroxylation sites is 1. The first-order chi connectivity index (χ1) is 13.6. The fraction of sp³-hybridized carbons (Fsp3) is 0.478. The quantitative estimate of drug-likeness (QED) is 0.836. The Balaban J connectivity index is 1.60. The molecule has 1 saturated carbocycles. The fourth-order valence-corrected chi connectivity index (χ4v) is 4.87. The number of ether oxygens (including phenoxy) is 1. The van der Waals surface area contributed by atoms with Crippen molar-refractivity contribution in [2.75, 3.05) is 20.2 Å². The van der Waals surface area contributed by atoms with Crippen LogP contribution in [-0.2, 0) is 17.9 Å².